The van der Waals surface area contributed by atoms with E-state index in [0.29, 0.717) is 5.69 Å². The third kappa shape index (κ3) is 5.56. The van der Waals surface area contributed by atoms with Gasteiger partial charge in [-0.05, 0) is 36.4 Å². The molecule has 11 heteroatoms. The number of rotatable bonds is 3. The molecule has 2 heterocycles. The van der Waals surface area contributed by atoms with Gasteiger partial charge < -0.3 is 19.9 Å². The van der Waals surface area contributed by atoms with E-state index in [4.69, 9.17) is 0 Å². The molecule has 0 saturated carbocycles. The van der Waals surface area contributed by atoms with Crippen molar-refractivity contribution in [3.63, 3.8) is 0 Å². The van der Waals surface area contributed by atoms with E-state index in [1.807, 2.05) is 0 Å². The smallest absolute Gasteiger partial charge is 0.406 e. The predicted octanol–water partition coefficient (Wildman–Crippen LogP) is 3.11. The van der Waals surface area contributed by atoms with Gasteiger partial charge in [0.25, 0.3) is 5.91 Å². The summed E-state index contributed by atoms with van der Waals surface area (Å²) < 4.78 is 53.4. The van der Waals surface area contributed by atoms with Crippen molar-refractivity contribution in [3.05, 3.63) is 54.1 Å². The van der Waals surface area contributed by atoms with Crippen LogP contribution in [0.15, 0.2) is 42.5 Å². The number of piperazine rings is 1. The fourth-order valence-electron chi connectivity index (χ4n) is 2.74. The second-order valence-corrected chi connectivity index (χ2v) is 6.13. The largest absolute Gasteiger partial charge is 0.573 e. The van der Waals surface area contributed by atoms with Gasteiger partial charge in [-0.25, -0.2) is 9.78 Å². The van der Waals surface area contributed by atoms with Crippen molar-refractivity contribution in [3.8, 4) is 5.75 Å². The van der Waals surface area contributed by atoms with Crippen molar-refractivity contribution in [1.82, 2.24) is 14.8 Å². The molecular weight excluding hydrogens is 396 g/mol. The maximum Gasteiger partial charge on any atom is 0.573 e. The van der Waals surface area contributed by atoms with Gasteiger partial charge in [-0.1, -0.05) is 6.07 Å². The van der Waals surface area contributed by atoms with Gasteiger partial charge in [-0.2, -0.15) is 4.39 Å². The lowest BCUT2D eigenvalue weighted by molar-refractivity contribution is -0.274. The SMILES string of the molecule is O=C(Nc1ccc(OC(F)(F)F)cc1)N1CCN(C(=O)c2cccc(F)n2)CC1. The Bertz CT molecular complexity index is 881. The minimum absolute atomic E-state index is 0.0101. The van der Waals surface area contributed by atoms with E-state index < -0.39 is 30.0 Å². The van der Waals surface area contributed by atoms with Crippen molar-refractivity contribution in [1.29, 1.82) is 0 Å². The third-order valence-electron chi connectivity index (χ3n) is 4.13. The molecule has 0 radical (unpaired) electrons. The Labute approximate surface area is 162 Å². The summed E-state index contributed by atoms with van der Waals surface area (Å²) in [5.41, 5.74) is 0.288. The Morgan fingerprint density at radius 1 is 0.966 bits per heavy atom. The first-order chi connectivity index (χ1) is 13.7. The molecule has 154 valence electrons. The van der Waals surface area contributed by atoms with Crippen molar-refractivity contribution >= 4 is 17.6 Å². The molecule has 0 unspecified atom stereocenters. The average molecular weight is 412 g/mol. The number of carbonyl (C=O) groups is 2. The zero-order chi connectivity index (χ0) is 21.0. The number of halogens is 4. The van der Waals surface area contributed by atoms with E-state index in [1.165, 1.54) is 34.1 Å². The number of ether oxygens (including phenoxy) is 1. The Kier molecular flexibility index (Phi) is 5.85. The van der Waals surface area contributed by atoms with Gasteiger partial charge in [0, 0.05) is 31.9 Å². The van der Waals surface area contributed by atoms with E-state index in [-0.39, 0.29) is 31.9 Å². The van der Waals surface area contributed by atoms with Crippen LogP contribution < -0.4 is 10.1 Å². The van der Waals surface area contributed by atoms with Gasteiger partial charge in [0.1, 0.15) is 11.4 Å². The van der Waals surface area contributed by atoms with Crippen LogP contribution in [0.1, 0.15) is 10.5 Å². The number of urea groups is 1. The molecule has 2 aromatic rings. The normalized spacial score (nSPS) is 14.5. The van der Waals surface area contributed by atoms with Gasteiger partial charge in [0.05, 0.1) is 0 Å². The van der Waals surface area contributed by atoms with Crippen LogP contribution in [0.25, 0.3) is 0 Å². The molecular formula is C18H16F4N4O3. The first-order valence-corrected chi connectivity index (χ1v) is 8.55. The predicted molar refractivity (Wildman–Crippen MR) is 93.8 cm³/mol. The molecule has 3 rings (SSSR count). The number of alkyl halides is 3. The highest BCUT2D eigenvalue weighted by Gasteiger charge is 2.31. The number of carbonyl (C=O) groups excluding carboxylic acids is 2. The second kappa shape index (κ2) is 8.33. The van der Waals surface area contributed by atoms with Crippen LogP contribution in [-0.4, -0.2) is 59.3 Å². The summed E-state index contributed by atoms with van der Waals surface area (Å²) in [5.74, 6) is -1.57. The maximum atomic E-state index is 13.2. The summed E-state index contributed by atoms with van der Waals surface area (Å²) in [6.45, 7) is 0.954. The Morgan fingerprint density at radius 2 is 1.59 bits per heavy atom. The molecule has 1 aliphatic rings. The molecule has 0 aliphatic carbocycles. The molecule has 1 saturated heterocycles. The maximum absolute atomic E-state index is 13.2. The number of pyridine rings is 1. The van der Waals surface area contributed by atoms with Gasteiger partial charge in [-0.15, -0.1) is 13.2 Å². The van der Waals surface area contributed by atoms with Crippen molar-refractivity contribution < 1.29 is 31.9 Å². The molecule has 1 N–H and O–H groups in total. The molecule has 0 bridgehead atoms. The minimum Gasteiger partial charge on any atom is -0.406 e. The molecule has 1 aliphatic heterocycles. The first kappa shape index (κ1) is 20.4. The Balaban J connectivity index is 1.51. The highest BCUT2D eigenvalue weighted by molar-refractivity contribution is 5.93. The van der Waals surface area contributed by atoms with E-state index in [2.05, 4.69) is 15.0 Å². The van der Waals surface area contributed by atoms with E-state index in [1.54, 1.807) is 0 Å². The number of nitrogens with zero attached hydrogens (tertiary/aromatic N) is 3. The number of aromatic nitrogens is 1. The molecule has 0 atom stereocenters. The number of hydrogen-bond donors (Lipinski definition) is 1. The first-order valence-electron chi connectivity index (χ1n) is 8.55. The minimum atomic E-state index is -4.79. The average Bonchev–Trinajstić information content (AvgIpc) is 2.68. The second-order valence-electron chi connectivity index (χ2n) is 6.13. The highest BCUT2D eigenvalue weighted by Crippen LogP contribution is 2.24. The van der Waals surface area contributed by atoms with Crippen LogP contribution in [0.2, 0.25) is 0 Å². The standard InChI is InChI=1S/C18H16F4N4O3/c19-15-3-1-2-14(24-15)16(27)25-8-10-26(11-9-25)17(28)23-12-4-6-13(7-5-12)29-18(20,21)22/h1-7H,8-11H2,(H,23,28). The molecule has 7 nitrogen and oxygen atoms in total. The lowest BCUT2D eigenvalue weighted by Crippen LogP contribution is -2.51. The summed E-state index contributed by atoms with van der Waals surface area (Å²) in [5, 5.41) is 2.57. The van der Waals surface area contributed by atoms with Gasteiger partial charge in [0.15, 0.2) is 0 Å². The molecule has 1 fully saturated rings. The number of nitrogens with one attached hydrogen (secondary N) is 1. The number of anilines is 1. The highest BCUT2D eigenvalue weighted by atomic mass is 19.4. The molecule has 1 aromatic heterocycles. The summed E-state index contributed by atoms with van der Waals surface area (Å²) in [7, 11) is 0. The van der Waals surface area contributed by atoms with E-state index in [0.717, 1.165) is 18.2 Å². The van der Waals surface area contributed by atoms with Crippen molar-refractivity contribution in [2.24, 2.45) is 0 Å². The van der Waals surface area contributed by atoms with Crippen LogP contribution in [-0.2, 0) is 0 Å². The van der Waals surface area contributed by atoms with E-state index in [9.17, 15) is 27.2 Å². The van der Waals surface area contributed by atoms with Crippen LogP contribution in [0.4, 0.5) is 28.0 Å². The molecule has 3 amide bonds. The van der Waals surface area contributed by atoms with Crippen LogP contribution in [0.5, 0.6) is 5.75 Å². The van der Waals surface area contributed by atoms with Gasteiger partial charge in [-0.3, -0.25) is 4.79 Å². The summed E-state index contributed by atoms with van der Waals surface area (Å²) in [6, 6.07) is 8.24. The van der Waals surface area contributed by atoms with Crippen LogP contribution in [0.3, 0.4) is 0 Å². The fraction of sp³-hybridized carbons (Fsp3) is 0.278. The molecule has 0 spiro atoms. The molecule has 29 heavy (non-hydrogen) atoms. The van der Waals surface area contributed by atoms with Crippen LogP contribution >= 0.6 is 0 Å². The van der Waals surface area contributed by atoms with Crippen LogP contribution in [0, 0.1) is 5.95 Å². The van der Waals surface area contributed by atoms with Crippen molar-refractivity contribution in [2.75, 3.05) is 31.5 Å². The zero-order valence-corrected chi connectivity index (χ0v) is 14.9. The topological polar surface area (TPSA) is 74.8 Å². The third-order valence-corrected chi connectivity index (χ3v) is 4.13. The monoisotopic (exact) mass is 412 g/mol. The Morgan fingerprint density at radius 3 is 2.17 bits per heavy atom. The number of amides is 3. The quantitative estimate of drug-likeness (QED) is 0.621. The summed E-state index contributed by atoms with van der Waals surface area (Å²) in [4.78, 5) is 31.1. The fourth-order valence-corrected chi connectivity index (χ4v) is 2.74. The Hall–Kier alpha value is -3.37. The zero-order valence-electron chi connectivity index (χ0n) is 14.9. The van der Waals surface area contributed by atoms with Gasteiger partial charge in [0.2, 0.25) is 5.95 Å². The molecule has 1 aromatic carbocycles. The lowest BCUT2D eigenvalue weighted by atomic mass is 10.2. The van der Waals surface area contributed by atoms with E-state index >= 15 is 0 Å². The number of hydrogen-bond acceptors (Lipinski definition) is 4. The lowest BCUT2D eigenvalue weighted by Gasteiger charge is -2.34. The van der Waals surface area contributed by atoms with Crippen molar-refractivity contribution in [2.45, 2.75) is 6.36 Å². The number of benzene rings is 1. The van der Waals surface area contributed by atoms with Gasteiger partial charge >= 0.3 is 12.4 Å². The summed E-state index contributed by atoms with van der Waals surface area (Å²) >= 11 is 0. The summed E-state index contributed by atoms with van der Waals surface area (Å²) in [6.07, 6.45) is -4.79.